The first-order valence-corrected chi connectivity index (χ1v) is 9.71. The van der Waals surface area contributed by atoms with Crippen LogP contribution in [0, 0.1) is 17.7 Å². The average molecular weight is 415 g/mol. The summed E-state index contributed by atoms with van der Waals surface area (Å²) in [5.74, 6) is -2.71. The molecule has 0 saturated carbocycles. The number of hydrogen-bond donors (Lipinski definition) is 2. The van der Waals surface area contributed by atoms with E-state index in [1.165, 1.54) is 19.2 Å². The predicted octanol–water partition coefficient (Wildman–Crippen LogP) is 4.71. The fraction of sp³-hybridized carbons (Fsp3) is 0.273. The second-order valence-electron chi connectivity index (χ2n) is 7.32. The first-order chi connectivity index (χ1) is 13.9. The van der Waals surface area contributed by atoms with Crippen LogP contribution in [0.1, 0.15) is 24.9 Å². The minimum Gasteiger partial charge on any atom is -0.468 e. The van der Waals surface area contributed by atoms with E-state index in [0.29, 0.717) is 23.4 Å². The molecule has 0 fully saturated rings. The molecular formula is C22H20ClFN2O3. The van der Waals surface area contributed by atoms with Gasteiger partial charge in [-0.1, -0.05) is 36.7 Å². The van der Waals surface area contributed by atoms with Gasteiger partial charge in [-0.25, -0.2) is 4.39 Å². The summed E-state index contributed by atoms with van der Waals surface area (Å²) >= 11 is 6.35. The van der Waals surface area contributed by atoms with Crippen molar-refractivity contribution < 1.29 is 18.7 Å². The number of rotatable bonds is 2. The van der Waals surface area contributed by atoms with Crippen molar-refractivity contribution in [3.05, 3.63) is 70.1 Å². The van der Waals surface area contributed by atoms with Crippen LogP contribution in [0.3, 0.4) is 0 Å². The Morgan fingerprint density at radius 3 is 2.59 bits per heavy atom. The number of ether oxygens (including phenoxy) is 1. The Balaban J connectivity index is 1.93. The highest BCUT2D eigenvalue weighted by atomic mass is 35.5. The Kier molecular flexibility index (Phi) is 5.04. The van der Waals surface area contributed by atoms with Gasteiger partial charge in [-0.15, -0.1) is 0 Å². The number of carbonyl (C=O) groups excluding carboxylic acids is 2. The quantitative estimate of drug-likeness (QED) is 0.550. The van der Waals surface area contributed by atoms with Gasteiger partial charge in [0, 0.05) is 21.9 Å². The summed E-state index contributed by atoms with van der Waals surface area (Å²) in [4.78, 5) is 25.8. The Morgan fingerprint density at radius 1 is 1.17 bits per heavy atom. The van der Waals surface area contributed by atoms with Crippen LogP contribution >= 0.6 is 11.6 Å². The standard InChI is InChI=1S/C22H20ClFN2O3/c1-11-10-16-19(21(27)17(11)22(28)29-2)20(18-12(23)6-5-7-13(18)24)26-15-9-4-3-8-14(15)25-16/h3-9,11,17,20,25-26H,10H2,1-2H3/t11-,17-,20+/m0/s1. The van der Waals surface area contributed by atoms with Crippen LogP contribution in [0.15, 0.2) is 53.7 Å². The van der Waals surface area contributed by atoms with Crippen LogP contribution < -0.4 is 10.6 Å². The molecule has 0 aromatic heterocycles. The lowest BCUT2D eigenvalue weighted by Gasteiger charge is -2.32. The Bertz CT molecular complexity index is 1020. The van der Waals surface area contributed by atoms with Crippen molar-refractivity contribution in [3.63, 3.8) is 0 Å². The topological polar surface area (TPSA) is 67.4 Å². The lowest BCUT2D eigenvalue weighted by Crippen LogP contribution is -2.39. The molecule has 0 saturated heterocycles. The molecule has 2 aromatic carbocycles. The third-order valence-electron chi connectivity index (χ3n) is 5.51. The Hall–Kier alpha value is -2.86. The zero-order valence-corrected chi connectivity index (χ0v) is 16.7. The van der Waals surface area contributed by atoms with Gasteiger partial charge in [0.25, 0.3) is 0 Å². The molecule has 7 heteroatoms. The second kappa shape index (κ2) is 7.52. The van der Waals surface area contributed by atoms with E-state index in [9.17, 15) is 14.0 Å². The number of anilines is 2. The van der Waals surface area contributed by atoms with Crippen LogP contribution in [0.2, 0.25) is 5.02 Å². The van der Waals surface area contributed by atoms with Gasteiger partial charge in [-0.2, -0.15) is 0 Å². The summed E-state index contributed by atoms with van der Waals surface area (Å²) in [5, 5.41) is 6.78. The molecule has 2 N–H and O–H groups in total. The number of esters is 1. The molecule has 0 radical (unpaired) electrons. The molecule has 5 nitrogen and oxygen atoms in total. The van der Waals surface area contributed by atoms with Crippen molar-refractivity contribution in [2.45, 2.75) is 19.4 Å². The highest BCUT2D eigenvalue weighted by molar-refractivity contribution is 6.31. The first-order valence-electron chi connectivity index (χ1n) is 9.34. The van der Waals surface area contributed by atoms with E-state index in [1.807, 2.05) is 31.2 Å². The fourth-order valence-corrected chi connectivity index (χ4v) is 4.41. The molecule has 3 atom stereocenters. The van der Waals surface area contributed by atoms with E-state index in [4.69, 9.17) is 16.3 Å². The summed E-state index contributed by atoms with van der Waals surface area (Å²) in [6.07, 6.45) is 0.444. The lowest BCUT2D eigenvalue weighted by molar-refractivity contribution is -0.151. The maximum absolute atomic E-state index is 14.9. The van der Waals surface area contributed by atoms with Crippen molar-refractivity contribution >= 4 is 34.7 Å². The van der Waals surface area contributed by atoms with Crippen molar-refractivity contribution in [3.8, 4) is 0 Å². The third kappa shape index (κ3) is 3.27. The summed E-state index contributed by atoms with van der Waals surface area (Å²) < 4.78 is 19.7. The number of halogens is 2. The maximum atomic E-state index is 14.9. The molecule has 2 aromatic rings. The SMILES string of the molecule is COC(=O)[C@@H]1C(=O)C2=C(C[C@@H]1C)Nc1ccccc1N[C@@H]2c1c(F)cccc1Cl. The molecule has 0 unspecified atom stereocenters. The number of methoxy groups -OCH3 is 1. The lowest BCUT2D eigenvalue weighted by atomic mass is 9.74. The van der Waals surface area contributed by atoms with E-state index >= 15 is 0 Å². The maximum Gasteiger partial charge on any atom is 0.316 e. The third-order valence-corrected chi connectivity index (χ3v) is 5.84. The van der Waals surface area contributed by atoms with Crippen LogP contribution in [-0.4, -0.2) is 18.9 Å². The number of hydrogen-bond acceptors (Lipinski definition) is 5. The van der Waals surface area contributed by atoms with E-state index in [1.54, 1.807) is 6.07 Å². The van der Waals surface area contributed by atoms with E-state index < -0.39 is 23.7 Å². The summed E-state index contributed by atoms with van der Waals surface area (Å²) in [6, 6.07) is 11.0. The molecule has 4 rings (SSSR count). The van der Waals surface area contributed by atoms with Crippen LogP contribution in [0.4, 0.5) is 15.8 Å². The normalized spacial score (nSPS) is 23.3. The molecule has 150 valence electrons. The van der Waals surface area contributed by atoms with Crippen molar-refractivity contribution in [2.75, 3.05) is 17.7 Å². The average Bonchev–Trinajstić information content (AvgIpc) is 2.84. The number of carbonyl (C=O) groups is 2. The molecule has 1 aliphatic carbocycles. The largest absolute Gasteiger partial charge is 0.468 e. The zero-order chi connectivity index (χ0) is 20.7. The smallest absolute Gasteiger partial charge is 0.316 e. The second-order valence-corrected chi connectivity index (χ2v) is 7.73. The number of Topliss-reactive ketones (excluding diaryl/α,β-unsaturated/α-hetero) is 1. The summed E-state index contributed by atoms with van der Waals surface area (Å²) in [7, 11) is 1.26. The highest BCUT2D eigenvalue weighted by Crippen LogP contribution is 2.45. The van der Waals surface area contributed by atoms with E-state index in [2.05, 4.69) is 10.6 Å². The van der Waals surface area contributed by atoms with Gasteiger partial charge in [0.1, 0.15) is 11.7 Å². The molecule has 1 aliphatic heterocycles. The molecular weight excluding hydrogens is 395 g/mol. The fourth-order valence-electron chi connectivity index (χ4n) is 4.14. The van der Waals surface area contributed by atoms with Crippen LogP contribution in [0.25, 0.3) is 0 Å². The van der Waals surface area contributed by atoms with Gasteiger partial charge in [0.05, 0.1) is 24.5 Å². The number of para-hydroxylation sites is 2. The van der Waals surface area contributed by atoms with E-state index in [0.717, 1.165) is 5.69 Å². The van der Waals surface area contributed by atoms with Gasteiger partial charge < -0.3 is 15.4 Å². The van der Waals surface area contributed by atoms with Crippen LogP contribution in [-0.2, 0) is 14.3 Å². The number of nitrogens with one attached hydrogen (secondary N) is 2. The molecule has 2 aliphatic rings. The van der Waals surface area contributed by atoms with Gasteiger partial charge in [-0.05, 0) is 36.6 Å². The van der Waals surface area contributed by atoms with Crippen LogP contribution in [0.5, 0.6) is 0 Å². The first kappa shape index (κ1) is 19.5. The molecule has 0 bridgehead atoms. The minimum absolute atomic E-state index is 0.173. The van der Waals surface area contributed by atoms with Crippen molar-refractivity contribution in [1.82, 2.24) is 0 Å². The number of benzene rings is 2. The molecule has 0 spiro atoms. The van der Waals surface area contributed by atoms with Gasteiger partial charge in [0.2, 0.25) is 0 Å². The monoisotopic (exact) mass is 414 g/mol. The van der Waals surface area contributed by atoms with Crippen molar-refractivity contribution in [2.24, 2.45) is 11.8 Å². The number of fused-ring (bicyclic) bond motifs is 1. The van der Waals surface area contributed by atoms with E-state index in [-0.39, 0.29) is 22.3 Å². The minimum atomic E-state index is -0.948. The van der Waals surface area contributed by atoms with Gasteiger partial charge >= 0.3 is 5.97 Å². The van der Waals surface area contributed by atoms with Gasteiger partial charge in [-0.3, -0.25) is 9.59 Å². The zero-order valence-electron chi connectivity index (χ0n) is 16.0. The Morgan fingerprint density at radius 2 is 1.90 bits per heavy atom. The molecule has 29 heavy (non-hydrogen) atoms. The Labute approximate surface area is 172 Å². The number of allylic oxidation sites excluding steroid dienone is 1. The van der Waals surface area contributed by atoms with Gasteiger partial charge in [0.15, 0.2) is 5.78 Å². The summed E-state index contributed by atoms with van der Waals surface area (Å²) in [6.45, 7) is 1.83. The number of ketones is 1. The molecule has 0 amide bonds. The highest BCUT2D eigenvalue weighted by Gasteiger charge is 2.45. The van der Waals surface area contributed by atoms with Crippen molar-refractivity contribution in [1.29, 1.82) is 0 Å². The summed E-state index contributed by atoms with van der Waals surface area (Å²) in [5.41, 5.74) is 2.62. The molecule has 1 heterocycles. The predicted molar refractivity (Wildman–Crippen MR) is 109 cm³/mol.